The third kappa shape index (κ3) is 4.64. The Morgan fingerprint density at radius 3 is 2.31 bits per heavy atom. The summed E-state index contributed by atoms with van der Waals surface area (Å²) in [5.74, 6) is -0.837. The van der Waals surface area contributed by atoms with E-state index in [0.717, 1.165) is 0 Å². The third-order valence-corrected chi connectivity index (χ3v) is 1.99. The number of phenolic OH excluding ortho intramolecular Hbond substituents is 1. The minimum absolute atomic E-state index is 0. The van der Waals surface area contributed by atoms with Crippen molar-refractivity contribution >= 4 is 10.1 Å². The molecule has 0 atom stereocenters. The molecule has 0 aliphatic heterocycles. The fourth-order valence-electron chi connectivity index (χ4n) is 0.823. The fraction of sp³-hybridized carbons (Fsp3) is 0.143. The average molecular weight is 210 g/mol. The van der Waals surface area contributed by atoms with Gasteiger partial charge in [-0.2, -0.15) is 0 Å². The molecule has 0 aliphatic rings. The van der Waals surface area contributed by atoms with Crippen molar-refractivity contribution in [2.75, 3.05) is 0 Å². The molecule has 66 valence electrons. The first-order valence-corrected chi connectivity index (χ1v) is 4.77. The van der Waals surface area contributed by atoms with Crippen LogP contribution in [0.3, 0.4) is 0 Å². The summed E-state index contributed by atoms with van der Waals surface area (Å²) in [7, 11) is -4.31. The van der Waals surface area contributed by atoms with E-state index < -0.39 is 15.9 Å². The van der Waals surface area contributed by atoms with Crippen molar-refractivity contribution in [3.63, 3.8) is 0 Å². The molecule has 13 heavy (non-hydrogen) atoms. The normalized spacial score (nSPS) is 10.5. The Morgan fingerprint density at radius 1 is 1.31 bits per heavy atom. The predicted octanol–water partition coefficient (Wildman–Crippen LogP) is -2.56. The molecular weight excluding hydrogens is 203 g/mol. The van der Waals surface area contributed by atoms with Crippen LogP contribution in [0.2, 0.25) is 0 Å². The largest absolute Gasteiger partial charge is 1.00 e. The van der Waals surface area contributed by atoms with Crippen molar-refractivity contribution in [1.29, 1.82) is 0 Å². The van der Waals surface area contributed by atoms with Gasteiger partial charge in [-0.3, -0.25) is 0 Å². The summed E-state index contributed by atoms with van der Waals surface area (Å²) in [5.41, 5.74) is 0.132. The Labute approximate surface area is 98.6 Å². The standard InChI is InChI=1S/C7H8O4S.Na/c8-7-4-2-1-3-6(7)5-12(9,10)11;/h1-4,8H,5H2,(H,9,10,11);/q;+1/p-1. The number of aromatic hydroxyl groups is 1. The molecule has 0 bridgehead atoms. The van der Waals surface area contributed by atoms with Crippen molar-refractivity contribution < 1.29 is 47.6 Å². The fourth-order valence-corrected chi connectivity index (χ4v) is 1.45. The SMILES string of the molecule is O=S(=O)([O-])Cc1ccccc1O.[Na+]. The van der Waals surface area contributed by atoms with E-state index in [1.807, 2.05) is 0 Å². The van der Waals surface area contributed by atoms with Gasteiger partial charge in [0.1, 0.15) is 5.75 Å². The second kappa shape index (κ2) is 4.97. The summed E-state index contributed by atoms with van der Waals surface area (Å²) in [6.45, 7) is 0. The van der Waals surface area contributed by atoms with Crippen molar-refractivity contribution in [2.45, 2.75) is 5.75 Å². The van der Waals surface area contributed by atoms with Gasteiger partial charge >= 0.3 is 29.6 Å². The van der Waals surface area contributed by atoms with E-state index in [4.69, 9.17) is 5.11 Å². The van der Waals surface area contributed by atoms with Gasteiger partial charge in [-0.15, -0.1) is 0 Å². The monoisotopic (exact) mass is 210 g/mol. The van der Waals surface area contributed by atoms with E-state index in [1.54, 1.807) is 12.1 Å². The average Bonchev–Trinajstić information content (AvgIpc) is 1.91. The Morgan fingerprint density at radius 2 is 1.85 bits per heavy atom. The molecular formula is C7H7NaO4S. The van der Waals surface area contributed by atoms with Crippen molar-refractivity contribution in [2.24, 2.45) is 0 Å². The van der Waals surface area contributed by atoms with Gasteiger partial charge in [-0.05, 0) is 6.07 Å². The van der Waals surface area contributed by atoms with Crippen molar-refractivity contribution in [3.8, 4) is 5.75 Å². The Balaban J connectivity index is 0.00000144. The summed E-state index contributed by atoms with van der Waals surface area (Å²) >= 11 is 0. The van der Waals surface area contributed by atoms with Crippen LogP contribution < -0.4 is 29.6 Å². The first-order valence-electron chi connectivity index (χ1n) is 3.19. The minimum Gasteiger partial charge on any atom is -0.748 e. The van der Waals surface area contributed by atoms with E-state index in [-0.39, 0.29) is 40.9 Å². The van der Waals surface area contributed by atoms with E-state index in [2.05, 4.69) is 0 Å². The maximum Gasteiger partial charge on any atom is 1.00 e. The van der Waals surface area contributed by atoms with Crippen LogP contribution in [0.4, 0.5) is 0 Å². The van der Waals surface area contributed by atoms with Gasteiger partial charge in [0.15, 0.2) is 0 Å². The van der Waals surface area contributed by atoms with E-state index in [1.165, 1.54) is 12.1 Å². The first-order chi connectivity index (χ1) is 5.49. The van der Waals surface area contributed by atoms with Crippen LogP contribution in [0, 0.1) is 0 Å². The Hall–Kier alpha value is -0.0700. The summed E-state index contributed by atoms with van der Waals surface area (Å²) < 4.78 is 30.9. The number of benzene rings is 1. The Bertz CT molecular complexity index is 374. The molecule has 0 saturated carbocycles. The molecule has 0 aliphatic carbocycles. The van der Waals surface area contributed by atoms with Gasteiger partial charge in [0.05, 0.1) is 15.9 Å². The maximum absolute atomic E-state index is 10.3. The number of phenols is 1. The molecule has 1 aromatic carbocycles. The molecule has 0 amide bonds. The maximum atomic E-state index is 10.3. The zero-order valence-electron chi connectivity index (χ0n) is 7.10. The molecule has 0 saturated heterocycles. The van der Waals surface area contributed by atoms with Gasteiger partial charge in [0.2, 0.25) is 0 Å². The van der Waals surface area contributed by atoms with E-state index in [0.29, 0.717) is 0 Å². The number of hydrogen-bond donors (Lipinski definition) is 1. The van der Waals surface area contributed by atoms with Crippen LogP contribution >= 0.6 is 0 Å². The zero-order chi connectivity index (χ0) is 9.19. The van der Waals surface area contributed by atoms with Crippen LogP contribution in [0.25, 0.3) is 0 Å². The molecule has 4 nitrogen and oxygen atoms in total. The van der Waals surface area contributed by atoms with Gasteiger partial charge < -0.3 is 9.66 Å². The molecule has 0 radical (unpaired) electrons. The zero-order valence-corrected chi connectivity index (χ0v) is 9.91. The van der Waals surface area contributed by atoms with Gasteiger partial charge in [-0.1, -0.05) is 18.2 Å². The second-order valence-corrected chi connectivity index (χ2v) is 3.73. The molecule has 0 spiro atoms. The molecule has 1 N–H and O–H groups in total. The summed E-state index contributed by atoms with van der Waals surface area (Å²) in [4.78, 5) is 0. The van der Waals surface area contributed by atoms with Gasteiger partial charge in [0.25, 0.3) is 0 Å². The number of hydrogen-bond acceptors (Lipinski definition) is 4. The summed E-state index contributed by atoms with van der Waals surface area (Å²) in [5, 5.41) is 9.07. The molecule has 1 rings (SSSR count). The molecule has 0 aromatic heterocycles. The second-order valence-electron chi connectivity index (χ2n) is 2.33. The van der Waals surface area contributed by atoms with Crippen LogP contribution in [-0.2, 0) is 15.9 Å². The number of para-hydroxylation sites is 1. The van der Waals surface area contributed by atoms with Crippen LogP contribution in [-0.4, -0.2) is 18.1 Å². The van der Waals surface area contributed by atoms with Crippen LogP contribution in [0.1, 0.15) is 5.56 Å². The Kier molecular flexibility index (Phi) is 4.95. The van der Waals surface area contributed by atoms with Crippen molar-refractivity contribution in [1.82, 2.24) is 0 Å². The van der Waals surface area contributed by atoms with E-state index in [9.17, 15) is 13.0 Å². The summed E-state index contributed by atoms with van der Waals surface area (Å²) in [6.07, 6.45) is 0. The molecule has 1 aromatic rings. The topological polar surface area (TPSA) is 77.4 Å². The van der Waals surface area contributed by atoms with Gasteiger partial charge in [-0.25, -0.2) is 8.42 Å². The third-order valence-electron chi connectivity index (χ3n) is 1.32. The molecule has 0 unspecified atom stereocenters. The predicted molar refractivity (Wildman–Crippen MR) is 41.5 cm³/mol. The summed E-state index contributed by atoms with van der Waals surface area (Å²) in [6, 6.07) is 5.84. The van der Waals surface area contributed by atoms with Gasteiger partial charge in [0, 0.05) is 5.56 Å². The smallest absolute Gasteiger partial charge is 0.748 e. The van der Waals surface area contributed by atoms with Crippen molar-refractivity contribution in [3.05, 3.63) is 29.8 Å². The van der Waals surface area contributed by atoms with Crippen LogP contribution in [0.15, 0.2) is 24.3 Å². The van der Waals surface area contributed by atoms with Crippen LogP contribution in [0.5, 0.6) is 5.75 Å². The molecule has 0 fully saturated rings. The molecule has 0 heterocycles. The van der Waals surface area contributed by atoms with E-state index >= 15 is 0 Å². The first kappa shape index (κ1) is 12.9. The minimum atomic E-state index is -4.31. The number of rotatable bonds is 2. The molecule has 6 heteroatoms. The quantitative estimate of drug-likeness (QED) is 0.430.